The Hall–Kier alpha value is -0.0800. The highest BCUT2D eigenvalue weighted by atomic mass is 15.2. The van der Waals surface area contributed by atoms with E-state index >= 15 is 0 Å². The predicted octanol–water partition coefficient (Wildman–Crippen LogP) is 3.42. The fraction of sp³-hybridized carbons (Fsp3) is 1.00. The number of nitrogens with zero attached hydrogens (tertiary/aromatic N) is 1. The van der Waals surface area contributed by atoms with Crippen LogP contribution in [0.15, 0.2) is 0 Å². The standard InChI is InChI=1S/C17H32N2/c1-2-9-16(10-3-1)17-14-19(12-6-11-18-17)13-15-7-4-5-8-15/h15-18H,1-14H2. The molecule has 1 atom stereocenters. The van der Waals surface area contributed by atoms with Crippen LogP contribution in [0.25, 0.3) is 0 Å². The molecule has 0 bridgehead atoms. The van der Waals surface area contributed by atoms with E-state index in [0.29, 0.717) is 0 Å². The summed E-state index contributed by atoms with van der Waals surface area (Å²) in [6.07, 6.45) is 14.7. The molecule has 1 aliphatic heterocycles. The molecule has 2 aliphatic carbocycles. The van der Waals surface area contributed by atoms with E-state index in [9.17, 15) is 0 Å². The van der Waals surface area contributed by atoms with Crippen molar-refractivity contribution in [3.05, 3.63) is 0 Å². The van der Waals surface area contributed by atoms with Crippen LogP contribution in [-0.4, -0.2) is 37.1 Å². The van der Waals surface area contributed by atoms with Gasteiger partial charge in [-0.15, -0.1) is 0 Å². The molecule has 0 aromatic rings. The van der Waals surface area contributed by atoms with Crippen molar-refractivity contribution < 1.29 is 0 Å². The Balaban J connectivity index is 1.52. The van der Waals surface area contributed by atoms with Crippen molar-refractivity contribution in [3.63, 3.8) is 0 Å². The van der Waals surface area contributed by atoms with Crippen LogP contribution in [0, 0.1) is 11.8 Å². The second-order valence-corrected chi connectivity index (χ2v) is 7.22. The molecule has 0 spiro atoms. The summed E-state index contributed by atoms with van der Waals surface area (Å²) in [4.78, 5) is 2.80. The van der Waals surface area contributed by atoms with Crippen LogP contribution < -0.4 is 5.32 Å². The summed E-state index contributed by atoms with van der Waals surface area (Å²) in [7, 11) is 0. The predicted molar refractivity (Wildman–Crippen MR) is 81.4 cm³/mol. The fourth-order valence-corrected chi connectivity index (χ4v) is 4.60. The van der Waals surface area contributed by atoms with Crippen molar-refractivity contribution in [2.45, 2.75) is 70.3 Å². The van der Waals surface area contributed by atoms with Crippen molar-refractivity contribution in [2.75, 3.05) is 26.2 Å². The van der Waals surface area contributed by atoms with E-state index in [1.807, 2.05) is 0 Å². The van der Waals surface area contributed by atoms with Gasteiger partial charge in [-0.05, 0) is 57.0 Å². The zero-order chi connectivity index (χ0) is 12.9. The van der Waals surface area contributed by atoms with Crippen molar-refractivity contribution in [1.29, 1.82) is 0 Å². The first-order valence-corrected chi connectivity index (χ1v) is 8.87. The lowest BCUT2D eigenvalue weighted by Crippen LogP contribution is -2.44. The highest BCUT2D eigenvalue weighted by molar-refractivity contribution is 4.85. The Bertz CT molecular complexity index is 254. The van der Waals surface area contributed by atoms with Gasteiger partial charge in [0.05, 0.1) is 0 Å². The fourth-order valence-electron chi connectivity index (χ4n) is 4.60. The molecule has 0 radical (unpaired) electrons. The third-order valence-corrected chi connectivity index (χ3v) is 5.72. The summed E-state index contributed by atoms with van der Waals surface area (Å²) < 4.78 is 0. The Morgan fingerprint density at radius 3 is 2.37 bits per heavy atom. The van der Waals surface area contributed by atoms with E-state index < -0.39 is 0 Å². The van der Waals surface area contributed by atoms with Crippen LogP contribution in [0.1, 0.15) is 64.2 Å². The van der Waals surface area contributed by atoms with E-state index in [0.717, 1.165) is 17.9 Å². The minimum absolute atomic E-state index is 0.796. The average Bonchev–Trinajstić information content (AvgIpc) is 2.84. The average molecular weight is 264 g/mol. The maximum Gasteiger partial charge on any atom is 0.0223 e. The summed E-state index contributed by atoms with van der Waals surface area (Å²) in [5.41, 5.74) is 0. The first kappa shape index (κ1) is 13.9. The first-order valence-electron chi connectivity index (χ1n) is 8.87. The van der Waals surface area contributed by atoms with Crippen LogP contribution in [0.3, 0.4) is 0 Å². The molecule has 19 heavy (non-hydrogen) atoms. The van der Waals surface area contributed by atoms with Gasteiger partial charge in [0.2, 0.25) is 0 Å². The molecule has 2 saturated carbocycles. The molecule has 2 nitrogen and oxygen atoms in total. The van der Waals surface area contributed by atoms with Crippen LogP contribution in [0.2, 0.25) is 0 Å². The molecule has 3 fully saturated rings. The molecule has 1 heterocycles. The summed E-state index contributed by atoms with van der Waals surface area (Å²) in [5, 5.41) is 3.86. The molecule has 1 saturated heterocycles. The van der Waals surface area contributed by atoms with Gasteiger partial charge in [-0.1, -0.05) is 32.1 Å². The molecule has 0 amide bonds. The Kier molecular flexibility index (Phi) is 5.17. The first-order chi connectivity index (χ1) is 9.42. The lowest BCUT2D eigenvalue weighted by Gasteiger charge is -2.33. The van der Waals surface area contributed by atoms with E-state index in [2.05, 4.69) is 10.2 Å². The Morgan fingerprint density at radius 2 is 1.58 bits per heavy atom. The van der Waals surface area contributed by atoms with Gasteiger partial charge in [-0.25, -0.2) is 0 Å². The number of hydrogen-bond acceptors (Lipinski definition) is 2. The molecule has 2 heteroatoms. The van der Waals surface area contributed by atoms with Crippen molar-refractivity contribution >= 4 is 0 Å². The maximum atomic E-state index is 3.86. The molecule has 1 unspecified atom stereocenters. The molecule has 0 aromatic heterocycles. The Labute approximate surface area is 119 Å². The second kappa shape index (κ2) is 7.08. The summed E-state index contributed by atoms with van der Waals surface area (Å²) in [6.45, 7) is 5.32. The number of rotatable bonds is 3. The van der Waals surface area contributed by atoms with Gasteiger partial charge in [-0.3, -0.25) is 0 Å². The molecular formula is C17H32N2. The monoisotopic (exact) mass is 264 g/mol. The van der Waals surface area contributed by atoms with Crippen molar-refractivity contribution in [3.8, 4) is 0 Å². The SMILES string of the molecule is C1CCC(C2CN(CC3CCCC3)CCCN2)CC1. The Morgan fingerprint density at radius 1 is 0.842 bits per heavy atom. The van der Waals surface area contributed by atoms with Gasteiger partial charge < -0.3 is 10.2 Å². The molecule has 1 N–H and O–H groups in total. The summed E-state index contributed by atoms with van der Waals surface area (Å²) in [5.74, 6) is 1.99. The maximum absolute atomic E-state index is 3.86. The zero-order valence-electron chi connectivity index (χ0n) is 12.6. The van der Waals surface area contributed by atoms with Crippen LogP contribution in [0.5, 0.6) is 0 Å². The van der Waals surface area contributed by atoms with Gasteiger partial charge in [0.25, 0.3) is 0 Å². The normalized spacial score (nSPS) is 32.5. The third-order valence-electron chi connectivity index (χ3n) is 5.72. The van der Waals surface area contributed by atoms with E-state index in [4.69, 9.17) is 0 Å². The quantitative estimate of drug-likeness (QED) is 0.840. The smallest absolute Gasteiger partial charge is 0.0223 e. The van der Waals surface area contributed by atoms with Crippen LogP contribution in [-0.2, 0) is 0 Å². The molecule has 0 aromatic carbocycles. The highest BCUT2D eigenvalue weighted by Crippen LogP contribution is 2.29. The minimum atomic E-state index is 0.796. The molecule has 110 valence electrons. The topological polar surface area (TPSA) is 15.3 Å². The van der Waals surface area contributed by atoms with E-state index in [1.165, 1.54) is 90.4 Å². The van der Waals surface area contributed by atoms with Crippen molar-refractivity contribution in [1.82, 2.24) is 10.2 Å². The van der Waals surface area contributed by atoms with Crippen LogP contribution in [0.4, 0.5) is 0 Å². The van der Waals surface area contributed by atoms with Gasteiger partial charge >= 0.3 is 0 Å². The summed E-state index contributed by atoms with van der Waals surface area (Å²) >= 11 is 0. The van der Waals surface area contributed by atoms with Gasteiger partial charge in [0, 0.05) is 19.1 Å². The van der Waals surface area contributed by atoms with Crippen molar-refractivity contribution in [2.24, 2.45) is 11.8 Å². The lowest BCUT2D eigenvalue weighted by atomic mass is 9.83. The molecular weight excluding hydrogens is 232 g/mol. The summed E-state index contributed by atoms with van der Waals surface area (Å²) in [6, 6.07) is 0.796. The van der Waals surface area contributed by atoms with Gasteiger partial charge in [0.1, 0.15) is 0 Å². The van der Waals surface area contributed by atoms with Gasteiger partial charge in [0.15, 0.2) is 0 Å². The molecule has 3 aliphatic rings. The van der Waals surface area contributed by atoms with E-state index in [1.54, 1.807) is 0 Å². The molecule has 3 rings (SSSR count). The number of nitrogens with one attached hydrogen (secondary N) is 1. The van der Waals surface area contributed by atoms with Crippen LogP contribution >= 0.6 is 0 Å². The zero-order valence-corrected chi connectivity index (χ0v) is 12.6. The largest absolute Gasteiger partial charge is 0.312 e. The van der Waals surface area contributed by atoms with E-state index in [-0.39, 0.29) is 0 Å². The third kappa shape index (κ3) is 3.95. The second-order valence-electron chi connectivity index (χ2n) is 7.22. The number of hydrogen-bond donors (Lipinski definition) is 1. The van der Waals surface area contributed by atoms with Gasteiger partial charge in [-0.2, -0.15) is 0 Å². The highest BCUT2D eigenvalue weighted by Gasteiger charge is 2.28. The minimum Gasteiger partial charge on any atom is -0.312 e. The lowest BCUT2D eigenvalue weighted by molar-refractivity contribution is 0.186.